The number of imidazole rings is 2. The minimum Gasteiger partial charge on any atom is -0.481 e. The van der Waals surface area contributed by atoms with Gasteiger partial charge in [0.15, 0.2) is 0 Å². The van der Waals surface area contributed by atoms with Gasteiger partial charge >= 0.3 is 5.97 Å². The summed E-state index contributed by atoms with van der Waals surface area (Å²) in [5, 5.41) is 11.8. The second kappa shape index (κ2) is 18.6. The molecule has 4 aliphatic rings. The number of hydrogen-bond donors (Lipinski definition) is 2. The lowest BCUT2D eigenvalue weighted by molar-refractivity contribution is -0.141. The van der Waals surface area contributed by atoms with Crippen LogP contribution in [0.4, 0.5) is 17.6 Å². The number of benzene rings is 2. The quantitative estimate of drug-likeness (QED) is 0.149. The molecular formula is C47H65F4N7O7S2. The molecule has 8 rings (SSSR count). The highest BCUT2D eigenvalue weighted by Gasteiger charge is 2.40. The molecule has 4 heterocycles. The number of amides is 1. The van der Waals surface area contributed by atoms with Crippen molar-refractivity contribution in [1.82, 2.24) is 33.0 Å². The van der Waals surface area contributed by atoms with Gasteiger partial charge in [0.05, 0.1) is 43.7 Å². The standard InChI is InChI=1S/C24H34F2N4O3S.C23H31F2N3O4S/c1-23(2,3)22-28-19-13-18(34(32,33)29-12-9-17(15-29)21(31)27-4)5-6-20(19)30(22)14-16-7-10-24(25,26)11-8-16;1-22(2,3)21-26-18-12-17(33(31,32)27-11-8-16(14-27)20(29)30)4-5-19(18)28(21)13-15-6-9-23(24,25)10-7-15/h5-6,13,16-17H,7-12,14-15H2,1-4H3,(H,27,31);4-5,12,15-16H,6-11,13-14H2,1-3H3,(H,29,30)/t17-;16-/m00/s1. The van der Waals surface area contributed by atoms with Crippen LogP contribution >= 0.6 is 0 Å². The van der Waals surface area contributed by atoms with Crippen LogP contribution in [0.15, 0.2) is 46.2 Å². The van der Waals surface area contributed by atoms with Crippen molar-refractivity contribution in [2.75, 3.05) is 33.2 Å². The molecule has 0 radical (unpaired) electrons. The second-order valence-electron chi connectivity index (χ2n) is 21.1. The number of sulfonamides is 2. The van der Waals surface area contributed by atoms with Gasteiger partial charge in [-0.2, -0.15) is 8.61 Å². The van der Waals surface area contributed by atoms with E-state index in [4.69, 9.17) is 9.97 Å². The average molecular weight is 980 g/mol. The van der Waals surface area contributed by atoms with Crippen molar-refractivity contribution in [1.29, 1.82) is 0 Å². The van der Waals surface area contributed by atoms with E-state index in [-0.39, 0.29) is 89.6 Å². The van der Waals surface area contributed by atoms with Gasteiger partial charge in [0.25, 0.3) is 0 Å². The molecule has 0 spiro atoms. The number of carbonyl (C=O) groups excluding carboxylic acids is 1. The van der Waals surface area contributed by atoms with Crippen LogP contribution in [0.5, 0.6) is 0 Å². The Balaban J connectivity index is 0.000000199. The van der Waals surface area contributed by atoms with Gasteiger partial charge < -0.3 is 19.6 Å². The van der Waals surface area contributed by atoms with Crippen molar-refractivity contribution in [3.8, 4) is 0 Å². The first kappa shape index (κ1) is 50.7. The van der Waals surface area contributed by atoms with Crippen LogP contribution in [-0.4, -0.2) is 107 Å². The monoisotopic (exact) mass is 979 g/mol. The highest BCUT2D eigenvalue weighted by Crippen LogP contribution is 2.40. The van der Waals surface area contributed by atoms with Gasteiger partial charge in [-0.3, -0.25) is 9.59 Å². The van der Waals surface area contributed by atoms with Gasteiger partial charge in [-0.25, -0.2) is 44.4 Å². The smallest absolute Gasteiger partial charge is 0.307 e. The Morgan fingerprint density at radius 3 is 1.37 bits per heavy atom. The van der Waals surface area contributed by atoms with Crippen LogP contribution in [-0.2, 0) is 53.6 Å². The molecule has 2 aliphatic heterocycles. The van der Waals surface area contributed by atoms with Gasteiger partial charge in [0.1, 0.15) is 11.6 Å². The minimum absolute atomic E-state index is 0.0380. The first-order valence-corrected chi connectivity index (χ1v) is 26.2. The zero-order valence-electron chi connectivity index (χ0n) is 39.5. The maximum Gasteiger partial charge on any atom is 0.307 e. The summed E-state index contributed by atoms with van der Waals surface area (Å²) in [5.74, 6) is -5.49. The molecule has 2 N–H and O–H groups in total. The number of halogens is 4. The van der Waals surface area contributed by atoms with Crippen molar-refractivity contribution < 1.29 is 49.1 Å². The number of fused-ring (bicyclic) bond motifs is 2. The van der Waals surface area contributed by atoms with Crippen LogP contribution in [0.2, 0.25) is 0 Å². The molecule has 2 aromatic carbocycles. The molecule has 2 atom stereocenters. The molecule has 1 amide bonds. The zero-order valence-corrected chi connectivity index (χ0v) is 41.1. The summed E-state index contributed by atoms with van der Waals surface area (Å²) in [6.07, 6.45) is 2.20. The molecule has 2 saturated heterocycles. The molecule has 4 fully saturated rings. The number of nitrogens with one attached hydrogen (secondary N) is 1. The van der Waals surface area contributed by atoms with E-state index in [1.807, 2.05) is 41.5 Å². The Morgan fingerprint density at radius 1 is 0.657 bits per heavy atom. The molecule has 4 aromatic rings. The van der Waals surface area contributed by atoms with Crippen LogP contribution in [0, 0.1) is 23.7 Å². The van der Waals surface area contributed by atoms with Crippen LogP contribution in [0.1, 0.15) is 117 Å². The lowest BCUT2D eigenvalue weighted by atomic mass is 9.86. The molecule has 2 aromatic heterocycles. The van der Waals surface area contributed by atoms with E-state index in [1.165, 1.54) is 14.7 Å². The lowest BCUT2D eigenvalue weighted by Crippen LogP contribution is -2.33. The van der Waals surface area contributed by atoms with Crippen LogP contribution in [0.25, 0.3) is 22.1 Å². The largest absolute Gasteiger partial charge is 0.481 e. The summed E-state index contributed by atoms with van der Waals surface area (Å²) in [6, 6.07) is 9.76. The Bertz CT molecular complexity index is 2710. The molecule has 0 unspecified atom stereocenters. The lowest BCUT2D eigenvalue weighted by Gasteiger charge is -2.30. The highest BCUT2D eigenvalue weighted by atomic mass is 32.2. The number of aliphatic carboxylic acids is 1. The van der Waals surface area contributed by atoms with E-state index >= 15 is 0 Å². The minimum atomic E-state index is -3.84. The Hall–Kier alpha value is -4.14. The predicted molar refractivity (Wildman–Crippen MR) is 246 cm³/mol. The number of carboxylic acids is 1. The fraction of sp³-hybridized carbons (Fsp3) is 0.660. The molecule has 2 aliphatic carbocycles. The zero-order chi connectivity index (χ0) is 49.1. The van der Waals surface area contributed by atoms with Crippen LogP contribution in [0.3, 0.4) is 0 Å². The van der Waals surface area contributed by atoms with Crippen molar-refractivity contribution in [2.45, 2.75) is 151 Å². The van der Waals surface area contributed by atoms with Gasteiger partial charge in [-0.1, -0.05) is 41.5 Å². The average Bonchev–Trinajstić information content (AvgIpc) is 4.08. The second-order valence-corrected chi connectivity index (χ2v) is 25.0. The van der Waals surface area contributed by atoms with Crippen molar-refractivity contribution in [3.63, 3.8) is 0 Å². The third-order valence-corrected chi connectivity index (χ3v) is 17.6. The molecule has 0 bridgehead atoms. The summed E-state index contributed by atoms with van der Waals surface area (Å²) in [6.45, 7) is 13.9. The van der Waals surface area contributed by atoms with Crippen molar-refractivity contribution >= 4 is 54.0 Å². The molecule has 2 saturated carbocycles. The first-order chi connectivity index (χ1) is 31.1. The molecule has 20 heteroatoms. The third kappa shape index (κ3) is 11.0. The van der Waals surface area contributed by atoms with Crippen LogP contribution < -0.4 is 5.32 Å². The first-order valence-electron chi connectivity index (χ1n) is 23.3. The summed E-state index contributed by atoms with van der Waals surface area (Å²) in [5.41, 5.74) is 2.09. The van der Waals surface area contributed by atoms with E-state index in [1.54, 1.807) is 37.4 Å². The van der Waals surface area contributed by atoms with E-state index in [0.29, 0.717) is 69.2 Å². The Morgan fingerprint density at radius 2 is 1.03 bits per heavy atom. The third-order valence-electron chi connectivity index (χ3n) is 13.9. The SMILES string of the molecule is CC(C)(C)c1nc2cc(S(=O)(=O)N3CC[C@H](C(=O)O)C3)ccc2n1CC1CCC(F)(F)CC1.CNC(=O)[C@H]1CCN(S(=O)(=O)c2ccc3c(c2)nc(C(C)(C)C)n3CC2CCC(F)(F)CC2)C1. The molecule has 14 nitrogen and oxygen atoms in total. The molecular weight excluding hydrogens is 915 g/mol. The predicted octanol–water partition coefficient (Wildman–Crippen LogP) is 8.17. The summed E-state index contributed by atoms with van der Waals surface area (Å²) < 4.78 is 114. The van der Waals surface area contributed by atoms with E-state index in [9.17, 15) is 49.1 Å². The number of rotatable bonds is 10. The fourth-order valence-electron chi connectivity index (χ4n) is 9.95. The van der Waals surface area contributed by atoms with Crippen molar-refractivity contribution in [2.24, 2.45) is 23.7 Å². The normalized spacial score (nSPS) is 22.6. The van der Waals surface area contributed by atoms with E-state index in [2.05, 4.69) is 14.5 Å². The van der Waals surface area contributed by atoms with Gasteiger partial charge in [0.2, 0.25) is 37.8 Å². The summed E-state index contributed by atoms with van der Waals surface area (Å²) >= 11 is 0. The van der Waals surface area contributed by atoms with E-state index < -0.39 is 43.8 Å². The van der Waals surface area contributed by atoms with Crippen molar-refractivity contribution in [3.05, 3.63) is 48.0 Å². The number of carbonyl (C=O) groups is 2. The highest BCUT2D eigenvalue weighted by molar-refractivity contribution is 7.89. The topological polar surface area (TPSA) is 177 Å². The van der Waals surface area contributed by atoms with Gasteiger partial charge in [-0.15, -0.1) is 0 Å². The Kier molecular flexibility index (Phi) is 14.1. The summed E-state index contributed by atoms with van der Waals surface area (Å²) in [7, 11) is -6.05. The number of hydrogen-bond acceptors (Lipinski definition) is 8. The summed E-state index contributed by atoms with van der Waals surface area (Å²) in [4.78, 5) is 33.0. The maximum atomic E-state index is 13.6. The number of carboxylic acid groups (broad SMARTS) is 1. The van der Waals surface area contributed by atoms with Gasteiger partial charge in [0, 0.05) is 82.8 Å². The molecule has 370 valence electrons. The fourth-order valence-corrected chi connectivity index (χ4v) is 13.0. The number of aromatic nitrogens is 4. The van der Waals surface area contributed by atoms with Gasteiger partial charge in [-0.05, 0) is 86.8 Å². The van der Waals surface area contributed by atoms with E-state index in [0.717, 1.165) is 22.7 Å². The maximum absolute atomic E-state index is 13.6. The number of nitrogens with zero attached hydrogens (tertiary/aromatic N) is 6. The number of alkyl halides is 4. The Labute approximate surface area is 391 Å². The molecule has 67 heavy (non-hydrogen) atoms.